The fraction of sp³-hybridized carbons (Fsp3) is 0.143. The molecule has 3 rings (SSSR count). The van der Waals surface area contributed by atoms with Crippen molar-refractivity contribution in [1.29, 1.82) is 0 Å². The van der Waals surface area contributed by atoms with Crippen molar-refractivity contribution < 1.29 is 0 Å². The second kappa shape index (κ2) is 4.97. The largest absolute Gasteiger partial charge is 0.378 e. The lowest BCUT2D eigenvalue weighted by Crippen LogP contribution is -2.04. The molecule has 5 nitrogen and oxygen atoms in total. The zero-order chi connectivity index (χ0) is 13.1. The van der Waals surface area contributed by atoms with Crippen molar-refractivity contribution >= 4 is 16.6 Å². The molecule has 0 radical (unpaired) electrons. The Hall–Kier alpha value is -2.56. The normalized spacial score (nSPS) is 10.6. The molecular formula is C14H13N5. The molecule has 0 aliphatic rings. The van der Waals surface area contributed by atoms with Crippen LogP contribution in [0.2, 0.25) is 0 Å². The highest BCUT2D eigenvalue weighted by Crippen LogP contribution is 2.20. The van der Waals surface area contributed by atoms with E-state index in [0.29, 0.717) is 6.54 Å². The Kier molecular flexibility index (Phi) is 3.02. The van der Waals surface area contributed by atoms with Gasteiger partial charge in [0, 0.05) is 11.6 Å². The molecule has 0 saturated heterocycles. The van der Waals surface area contributed by atoms with E-state index >= 15 is 0 Å². The lowest BCUT2D eigenvalue weighted by Gasteiger charge is -2.08. The van der Waals surface area contributed by atoms with Crippen LogP contribution in [-0.2, 0) is 6.54 Å². The van der Waals surface area contributed by atoms with Gasteiger partial charge in [-0.3, -0.25) is 0 Å². The molecule has 0 atom stereocenters. The Morgan fingerprint density at radius 2 is 2.05 bits per heavy atom. The summed E-state index contributed by atoms with van der Waals surface area (Å²) in [6, 6.07) is 9.81. The van der Waals surface area contributed by atoms with Gasteiger partial charge >= 0.3 is 0 Å². The van der Waals surface area contributed by atoms with Crippen molar-refractivity contribution in [2.24, 2.45) is 0 Å². The summed E-state index contributed by atoms with van der Waals surface area (Å²) in [6.45, 7) is 2.52. The molecule has 94 valence electrons. The number of hydrogen-bond donors (Lipinski definition) is 1. The van der Waals surface area contributed by atoms with Crippen LogP contribution in [0.1, 0.15) is 11.5 Å². The molecule has 19 heavy (non-hydrogen) atoms. The summed E-state index contributed by atoms with van der Waals surface area (Å²) in [4.78, 5) is 8.44. The Morgan fingerprint density at radius 3 is 2.95 bits per heavy atom. The van der Waals surface area contributed by atoms with Gasteiger partial charge in [-0.05, 0) is 19.1 Å². The number of rotatable bonds is 3. The van der Waals surface area contributed by atoms with E-state index in [0.717, 1.165) is 28.1 Å². The summed E-state index contributed by atoms with van der Waals surface area (Å²) < 4.78 is 0. The second-order valence-corrected chi connectivity index (χ2v) is 4.22. The van der Waals surface area contributed by atoms with Gasteiger partial charge in [-0.2, -0.15) is 10.2 Å². The van der Waals surface area contributed by atoms with Crippen molar-refractivity contribution in [3.05, 3.63) is 54.2 Å². The highest BCUT2D eigenvalue weighted by Gasteiger charge is 2.02. The smallest absolute Gasteiger partial charge is 0.125 e. The van der Waals surface area contributed by atoms with Gasteiger partial charge < -0.3 is 5.32 Å². The Labute approximate surface area is 110 Å². The lowest BCUT2D eigenvalue weighted by molar-refractivity contribution is 0.953. The molecule has 0 saturated carbocycles. The maximum Gasteiger partial charge on any atom is 0.125 e. The van der Waals surface area contributed by atoms with Crippen molar-refractivity contribution in [2.75, 3.05) is 5.32 Å². The average Bonchev–Trinajstić information content (AvgIpc) is 2.45. The first-order chi connectivity index (χ1) is 9.33. The lowest BCUT2D eigenvalue weighted by atomic mass is 10.2. The topological polar surface area (TPSA) is 63.6 Å². The van der Waals surface area contributed by atoms with Crippen molar-refractivity contribution in [3.63, 3.8) is 0 Å². The van der Waals surface area contributed by atoms with Crippen LogP contribution in [0.4, 0.5) is 5.69 Å². The molecule has 0 aliphatic heterocycles. The van der Waals surface area contributed by atoms with Crippen LogP contribution in [0.25, 0.3) is 10.9 Å². The molecule has 0 amide bonds. The molecule has 3 aromatic rings. The Balaban J connectivity index is 1.86. The third kappa shape index (κ3) is 2.49. The summed E-state index contributed by atoms with van der Waals surface area (Å²) in [5.74, 6) is 0.775. The highest BCUT2D eigenvalue weighted by atomic mass is 15.1. The van der Waals surface area contributed by atoms with E-state index < -0.39 is 0 Å². The molecular weight excluding hydrogens is 238 g/mol. The standard InChI is InChI=1S/C14H13N5/c1-10-15-7-6-11(18-10)8-16-14-9-17-19-13-5-3-2-4-12(13)14/h2-7,9H,8H2,1H3,(H,16,19). The number of benzene rings is 1. The summed E-state index contributed by atoms with van der Waals surface area (Å²) >= 11 is 0. The van der Waals surface area contributed by atoms with E-state index in [1.165, 1.54) is 0 Å². The maximum absolute atomic E-state index is 4.36. The van der Waals surface area contributed by atoms with Crippen LogP contribution < -0.4 is 5.32 Å². The number of nitrogens with one attached hydrogen (secondary N) is 1. The van der Waals surface area contributed by atoms with Crippen LogP contribution in [-0.4, -0.2) is 20.2 Å². The monoisotopic (exact) mass is 251 g/mol. The van der Waals surface area contributed by atoms with Gasteiger partial charge in [-0.1, -0.05) is 18.2 Å². The zero-order valence-corrected chi connectivity index (χ0v) is 10.5. The first-order valence-electron chi connectivity index (χ1n) is 6.06. The first-order valence-corrected chi connectivity index (χ1v) is 6.06. The minimum atomic E-state index is 0.638. The summed E-state index contributed by atoms with van der Waals surface area (Å²) in [5, 5.41) is 12.5. The number of nitrogens with zero attached hydrogens (tertiary/aromatic N) is 4. The molecule has 0 unspecified atom stereocenters. The predicted molar refractivity (Wildman–Crippen MR) is 73.6 cm³/mol. The minimum Gasteiger partial charge on any atom is -0.378 e. The van der Waals surface area contributed by atoms with Crippen LogP contribution >= 0.6 is 0 Å². The molecule has 5 heteroatoms. The number of aromatic nitrogens is 4. The molecule has 0 spiro atoms. The molecule has 0 fully saturated rings. The summed E-state index contributed by atoms with van der Waals surface area (Å²) in [6.07, 6.45) is 3.50. The van der Waals surface area contributed by atoms with Gasteiger partial charge in [-0.15, -0.1) is 0 Å². The van der Waals surface area contributed by atoms with E-state index in [9.17, 15) is 0 Å². The minimum absolute atomic E-state index is 0.638. The van der Waals surface area contributed by atoms with E-state index in [-0.39, 0.29) is 0 Å². The third-order valence-electron chi connectivity index (χ3n) is 2.84. The second-order valence-electron chi connectivity index (χ2n) is 4.22. The number of hydrogen-bond acceptors (Lipinski definition) is 5. The van der Waals surface area contributed by atoms with Crippen LogP contribution in [0.3, 0.4) is 0 Å². The summed E-state index contributed by atoms with van der Waals surface area (Å²) in [5.41, 5.74) is 2.79. The van der Waals surface area contributed by atoms with Crippen LogP contribution in [0.5, 0.6) is 0 Å². The number of aryl methyl sites for hydroxylation is 1. The molecule has 2 heterocycles. The molecule has 2 aromatic heterocycles. The number of fused-ring (bicyclic) bond motifs is 1. The molecule has 1 N–H and O–H groups in total. The van der Waals surface area contributed by atoms with Crippen molar-refractivity contribution in [1.82, 2.24) is 20.2 Å². The highest BCUT2D eigenvalue weighted by molar-refractivity contribution is 5.90. The fourth-order valence-corrected chi connectivity index (χ4v) is 1.94. The SMILES string of the molecule is Cc1nccc(CNc2cnnc3ccccc23)n1. The average molecular weight is 251 g/mol. The van der Waals surface area contributed by atoms with Gasteiger partial charge in [0.2, 0.25) is 0 Å². The van der Waals surface area contributed by atoms with E-state index in [1.807, 2.05) is 37.3 Å². The molecule has 1 aromatic carbocycles. The quantitative estimate of drug-likeness (QED) is 0.774. The van der Waals surface area contributed by atoms with Crippen LogP contribution in [0.15, 0.2) is 42.7 Å². The zero-order valence-electron chi connectivity index (χ0n) is 10.5. The predicted octanol–water partition coefficient (Wildman–Crippen LogP) is 2.34. The van der Waals surface area contributed by atoms with Gasteiger partial charge in [0.15, 0.2) is 0 Å². The maximum atomic E-state index is 4.36. The number of anilines is 1. The molecule has 0 aliphatic carbocycles. The Morgan fingerprint density at radius 1 is 1.16 bits per heavy atom. The van der Waals surface area contributed by atoms with Gasteiger partial charge in [0.1, 0.15) is 5.82 Å². The van der Waals surface area contributed by atoms with Crippen molar-refractivity contribution in [3.8, 4) is 0 Å². The summed E-state index contributed by atoms with van der Waals surface area (Å²) in [7, 11) is 0. The Bertz CT molecular complexity index is 706. The van der Waals surface area contributed by atoms with Gasteiger partial charge in [-0.25, -0.2) is 9.97 Å². The third-order valence-corrected chi connectivity index (χ3v) is 2.84. The molecule has 0 bridgehead atoms. The van der Waals surface area contributed by atoms with E-state index in [4.69, 9.17) is 0 Å². The van der Waals surface area contributed by atoms with E-state index in [1.54, 1.807) is 12.4 Å². The van der Waals surface area contributed by atoms with Gasteiger partial charge in [0.25, 0.3) is 0 Å². The van der Waals surface area contributed by atoms with Gasteiger partial charge in [0.05, 0.1) is 29.6 Å². The van der Waals surface area contributed by atoms with Crippen LogP contribution in [0, 0.1) is 6.92 Å². The van der Waals surface area contributed by atoms with Crippen molar-refractivity contribution in [2.45, 2.75) is 13.5 Å². The fourth-order valence-electron chi connectivity index (χ4n) is 1.94. The first kappa shape index (κ1) is 11.5. The van der Waals surface area contributed by atoms with E-state index in [2.05, 4.69) is 25.5 Å².